The minimum absolute atomic E-state index is 0.241. The van der Waals surface area contributed by atoms with Crippen molar-refractivity contribution in [3.63, 3.8) is 0 Å². The van der Waals surface area contributed by atoms with E-state index in [1.54, 1.807) is 18.3 Å². The lowest BCUT2D eigenvalue weighted by molar-refractivity contribution is 0.0977. The molecule has 0 spiro atoms. The molecule has 3 rings (SSSR count). The Labute approximate surface area is 151 Å². The Morgan fingerprint density at radius 2 is 1.80 bits per heavy atom. The highest BCUT2D eigenvalue weighted by Crippen LogP contribution is 2.21. The highest BCUT2D eigenvalue weighted by atomic mass is 32.1. The predicted molar refractivity (Wildman–Crippen MR) is 105 cm³/mol. The molecule has 3 aromatic rings. The first-order valence-corrected chi connectivity index (χ1v) is 8.23. The topological polar surface area (TPSA) is 54.0 Å². The molecule has 1 heterocycles. The number of nitrogens with one attached hydrogen (secondary N) is 2. The molecule has 25 heavy (non-hydrogen) atoms. The zero-order chi connectivity index (χ0) is 17.6. The van der Waals surface area contributed by atoms with E-state index in [-0.39, 0.29) is 11.0 Å². The molecule has 124 valence electrons. The number of pyridine rings is 1. The summed E-state index contributed by atoms with van der Waals surface area (Å²) in [5, 5.41) is 5.97. The van der Waals surface area contributed by atoms with Crippen LogP contribution in [0.1, 0.15) is 15.9 Å². The first kappa shape index (κ1) is 16.8. The Balaban J connectivity index is 1.70. The molecule has 0 unspecified atom stereocenters. The summed E-state index contributed by atoms with van der Waals surface area (Å²) in [4.78, 5) is 16.5. The monoisotopic (exact) mass is 347 g/mol. The third-order valence-electron chi connectivity index (χ3n) is 3.59. The van der Waals surface area contributed by atoms with Gasteiger partial charge in [0.25, 0.3) is 5.91 Å². The van der Waals surface area contributed by atoms with E-state index in [4.69, 9.17) is 12.2 Å². The van der Waals surface area contributed by atoms with Crippen molar-refractivity contribution in [1.82, 2.24) is 10.3 Å². The van der Waals surface area contributed by atoms with Crippen molar-refractivity contribution in [3.05, 3.63) is 84.1 Å². The number of anilines is 1. The van der Waals surface area contributed by atoms with E-state index >= 15 is 0 Å². The van der Waals surface area contributed by atoms with Crippen molar-refractivity contribution in [3.8, 4) is 11.3 Å². The first-order valence-electron chi connectivity index (χ1n) is 7.82. The summed E-state index contributed by atoms with van der Waals surface area (Å²) in [6.07, 6.45) is 1.79. The quantitative estimate of drug-likeness (QED) is 0.698. The van der Waals surface area contributed by atoms with Crippen LogP contribution in [0.25, 0.3) is 11.3 Å². The molecule has 0 saturated carbocycles. The second-order valence-corrected chi connectivity index (χ2v) is 5.98. The number of hydrogen-bond acceptors (Lipinski definition) is 3. The molecule has 0 aliphatic carbocycles. The second kappa shape index (κ2) is 7.68. The Hall–Kier alpha value is -3.05. The van der Waals surface area contributed by atoms with Crippen molar-refractivity contribution in [2.24, 2.45) is 0 Å². The molecule has 0 aliphatic heterocycles. The van der Waals surface area contributed by atoms with Gasteiger partial charge < -0.3 is 5.32 Å². The standard InChI is InChI=1S/C20H17N3OS/c1-14-10-11-21-18(12-14)16-8-5-9-17(13-16)22-20(25)23-19(24)15-6-3-2-4-7-15/h2-13H,1H3,(H2,22,23,24,25). The average Bonchev–Trinajstić information content (AvgIpc) is 2.62. The number of rotatable bonds is 3. The van der Waals surface area contributed by atoms with Gasteiger partial charge in [-0.2, -0.15) is 0 Å². The van der Waals surface area contributed by atoms with Gasteiger partial charge >= 0.3 is 0 Å². The van der Waals surface area contributed by atoms with Crippen LogP contribution in [0.5, 0.6) is 0 Å². The van der Waals surface area contributed by atoms with E-state index in [0.717, 1.165) is 22.5 Å². The van der Waals surface area contributed by atoms with Gasteiger partial charge in [-0.1, -0.05) is 30.3 Å². The summed E-state index contributed by atoms with van der Waals surface area (Å²) in [6, 6.07) is 20.7. The van der Waals surface area contributed by atoms with E-state index in [0.29, 0.717) is 5.56 Å². The molecular weight excluding hydrogens is 330 g/mol. The summed E-state index contributed by atoms with van der Waals surface area (Å²) in [6.45, 7) is 2.03. The fraction of sp³-hybridized carbons (Fsp3) is 0.0500. The van der Waals surface area contributed by atoms with Crippen LogP contribution in [0.3, 0.4) is 0 Å². The summed E-state index contributed by atoms with van der Waals surface area (Å²) >= 11 is 5.23. The SMILES string of the molecule is Cc1ccnc(-c2cccc(NC(=S)NC(=O)c3ccccc3)c2)c1. The molecule has 0 radical (unpaired) electrons. The Morgan fingerprint density at radius 1 is 1.00 bits per heavy atom. The normalized spacial score (nSPS) is 10.1. The molecule has 4 nitrogen and oxygen atoms in total. The van der Waals surface area contributed by atoms with Crippen molar-refractivity contribution in [2.75, 3.05) is 5.32 Å². The van der Waals surface area contributed by atoms with Crippen LogP contribution >= 0.6 is 12.2 Å². The fourth-order valence-electron chi connectivity index (χ4n) is 2.38. The summed E-state index contributed by atoms with van der Waals surface area (Å²) in [7, 11) is 0. The molecule has 2 N–H and O–H groups in total. The molecule has 0 atom stereocenters. The van der Waals surface area contributed by atoms with Gasteiger partial charge in [0.1, 0.15) is 0 Å². The van der Waals surface area contributed by atoms with Crippen LogP contribution in [0.4, 0.5) is 5.69 Å². The van der Waals surface area contributed by atoms with E-state index in [9.17, 15) is 4.79 Å². The Kier molecular flexibility index (Phi) is 5.16. The summed E-state index contributed by atoms with van der Waals surface area (Å²) in [5.74, 6) is -0.241. The van der Waals surface area contributed by atoms with Crippen LogP contribution in [-0.4, -0.2) is 16.0 Å². The Bertz CT molecular complexity index is 910. The summed E-state index contributed by atoms with van der Waals surface area (Å²) < 4.78 is 0. The van der Waals surface area contributed by atoms with Gasteiger partial charge in [-0.15, -0.1) is 0 Å². The second-order valence-electron chi connectivity index (χ2n) is 5.57. The largest absolute Gasteiger partial charge is 0.332 e. The van der Waals surface area contributed by atoms with Crippen LogP contribution < -0.4 is 10.6 Å². The van der Waals surface area contributed by atoms with E-state index in [2.05, 4.69) is 15.6 Å². The zero-order valence-corrected chi connectivity index (χ0v) is 14.5. The number of nitrogens with zero attached hydrogens (tertiary/aromatic N) is 1. The van der Waals surface area contributed by atoms with Crippen LogP contribution in [0, 0.1) is 6.92 Å². The van der Waals surface area contributed by atoms with Crippen LogP contribution in [0.15, 0.2) is 72.9 Å². The van der Waals surface area contributed by atoms with Crippen LogP contribution in [0.2, 0.25) is 0 Å². The third-order valence-corrected chi connectivity index (χ3v) is 3.80. The lowest BCUT2D eigenvalue weighted by Crippen LogP contribution is -2.34. The van der Waals surface area contributed by atoms with E-state index < -0.39 is 0 Å². The number of carbonyl (C=O) groups excluding carboxylic acids is 1. The molecular formula is C20H17N3OS. The van der Waals surface area contributed by atoms with Gasteiger partial charge in [0.15, 0.2) is 5.11 Å². The maximum atomic E-state index is 12.1. The molecule has 0 fully saturated rings. The molecule has 0 aliphatic rings. The average molecular weight is 347 g/mol. The zero-order valence-electron chi connectivity index (χ0n) is 13.7. The highest BCUT2D eigenvalue weighted by molar-refractivity contribution is 7.80. The molecule has 2 aromatic carbocycles. The Morgan fingerprint density at radius 3 is 2.56 bits per heavy atom. The van der Waals surface area contributed by atoms with E-state index in [1.165, 1.54) is 0 Å². The number of aryl methyl sites for hydroxylation is 1. The lowest BCUT2D eigenvalue weighted by Gasteiger charge is -2.11. The van der Waals surface area contributed by atoms with Gasteiger partial charge in [0.2, 0.25) is 0 Å². The van der Waals surface area contributed by atoms with Gasteiger partial charge in [-0.25, -0.2) is 0 Å². The fourth-order valence-corrected chi connectivity index (χ4v) is 2.59. The molecule has 0 saturated heterocycles. The van der Waals surface area contributed by atoms with Crippen molar-refractivity contribution < 1.29 is 4.79 Å². The van der Waals surface area contributed by atoms with Gasteiger partial charge in [0, 0.05) is 23.0 Å². The summed E-state index contributed by atoms with van der Waals surface area (Å²) in [5.41, 5.74) is 4.37. The number of amides is 1. The molecule has 1 amide bonds. The van der Waals surface area contributed by atoms with Gasteiger partial charge in [0.05, 0.1) is 5.69 Å². The van der Waals surface area contributed by atoms with Gasteiger partial charge in [-0.3, -0.25) is 15.1 Å². The maximum Gasteiger partial charge on any atom is 0.257 e. The van der Waals surface area contributed by atoms with Crippen molar-refractivity contribution >= 4 is 28.9 Å². The van der Waals surface area contributed by atoms with Crippen molar-refractivity contribution in [1.29, 1.82) is 0 Å². The lowest BCUT2D eigenvalue weighted by atomic mass is 10.1. The van der Waals surface area contributed by atoms with Crippen LogP contribution in [-0.2, 0) is 0 Å². The number of hydrogen-bond donors (Lipinski definition) is 2. The minimum Gasteiger partial charge on any atom is -0.332 e. The van der Waals surface area contributed by atoms with E-state index in [1.807, 2.05) is 61.5 Å². The third kappa shape index (κ3) is 4.49. The van der Waals surface area contributed by atoms with Crippen molar-refractivity contribution in [2.45, 2.75) is 6.92 Å². The molecule has 0 bridgehead atoms. The predicted octanol–water partition coefficient (Wildman–Crippen LogP) is 4.18. The molecule has 5 heteroatoms. The smallest absolute Gasteiger partial charge is 0.257 e. The van der Waals surface area contributed by atoms with Gasteiger partial charge in [-0.05, 0) is 61.1 Å². The number of benzene rings is 2. The maximum absolute atomic E-state index is 12.1. The molecule has 1 aromatic heterocycles. The highest BCUT2D eigenvalue weighted by Gasteiger charge is 2.08. The number of thiocarbonyl (C=S) groups is 1. The minimum atomic E-state index is -0.241. The number of carbonyl (C=O) groups is 1. The number of aromatic nitrogens is 1. The first-order chi connectivity index (χ1) is 12.1.